The number of carbonyl (C=O) groups is 8. The van der Waals surface area contributed by atoms with Crippen LogP contribution in [0.5, 0.6) is 0 Å². The Hall–Kier alpha value is -4.16. The van der Waals surface area contributed by atoms with Crippen LogP contribution in [0.3, 0.4) is 0 Å². The van der Waals surface area contributed by atoms with Gasteiger partial charge in [-0.2, -0.15) is 11.8 Å². The number of carboxylic acids is 2. The van der Waals surface area contributed by atoms with E-state index in [1.807, 2.05) is 11.8 Å². The number of unbranched alkanes of at least 4 members (excludes halogenated alkanes) is 3. The maximum absolute atomic E-state index is 12.7. The summed E-state index contributed by atoms with van der Waals surface area (Å²) < 4.78 is 11.7. The molecule has 0 bridgehead atoms. The van der Waals surface area contributed by atoms with Gasteiger partial charge in [-0.1, -0.05) is 12.8 Å². The van der Waals surface area contributed by atoms with Gasteiger partial charge in [-0.05, 0) is 32.1 Å². The number of hydrogen-bond donors (Lipinski definition) is 7. The number of urea groups is 1. The maximum atomic E-state index is 12.7. The molecular formula is C34H46AsN7O11S2-2. The van der Waals surface area contributed by atoms with Gasteiger partial charge in [-0.25, -0.2) is 4.79 Å². The predicted molar refractivity (Wildman–Crippen MR) is 200 cm³/mol. The minimum absolute atomic E-state index is 0.0128. The van der Waals surface area contributed by atoms with Gasteiger partial charge < -0.3 is 41.1 Å². The molecule has 7 N–H and O–H groups in total. The monoisotopic (exact) mass is 867 g/mol. The van der Waals surface area contributed by atoms with Gasteiger partial charge in [0, 0.05) is 36.8 Å². The first-order chi connectivity index (χ1) is 26.3. The molecule has 0 radical (unpaired) electrons. The predicted octanol–water partition coefficient (Wildman–Crippen LogP) is -3.20. The van der Waals surface area contributed by atoms with Crippen LogP contribution in [0.25, 0.3) is 0 Å². The summed E-state index contributed by atoms with van der Waals surface area (Å²) in [6, 6.07) is 3.82. The molecule has 302 valence electrons. The third-order valence-corrected chi connectivity index (χ3v) is 12.2. The molecule has 7 amide bonds. The van der Waals surface area contributed by atoms with E-state index in [0.717, 1.165) is 36.8 Å². The normalized spacial score (nSPS) is 18.2. The van der Waals surface area contributed by atoms with Crippen LogP contribution in [0.2, 0.25) is 0 Å². The standard InChI is InChI=1S/C34H48AsN7O11S2/c43-26(7-4-3-6-25-31-23(18-55-25)41-34(52)42-31)36-15-5-1-2-8-27(44)39-22(33(50)51)13-14-28(45)40-24(32(49)37-16-30(47)48)17-54-19-29(46)38-21-11-9-20(35-53)10-12-21/h9-12,22-25,31H,1-8,13-19H2,(H,36,43)(H,37,49)(H,38,46)(H,39,44)(H,40,45)(H,47,48)(H,50,51)(H2,41,42,52)/p-2/t22-,23-,24-,25?,31-/m0/s1. The molecule has 1 unspecified atom stereocenters. The van der Waals surface area contributed by atoms with Crippen molar-refractivity contribution in [3.8, 4) is 0 Å². The van der Waals surface area contributed by atoms with Crippen molar-refractivity contribution in [3.63, 3.8) is 0 Å². The third-order valence-electron chi connectivity index (χ3n) is 8.60. The van der Waals surface area contributed by atoms with Crippen molar-refractivity contribution in [3.05, 3.63) is 24.3 Å². The summed E-state index contributed by atoms with van der Waals surface area (Å²) in [7, 11) is 0. The second kappa shape index (κ2) is 24.4. The van der Waals surface area contributed by atoms with E-state index >= 15 is 0 Å². The van der Waals surface area contributed by atoms with Crippen molar-refractivity contribution in [1.82, 2.24) is 31.9 Å². The molecule has 2 saturated heterocycles. The molecule has 21 heteroatoms. The number of thioether (sulfide) groups is 2. The average Bonchev–Trinajstić information content (AvgIpc) is 3.70. The van der Waals surface area contributed by atoms with Gasteiger partial charge in [-0.3, -0.25) is 14.4 Å². The molecule has 0 spiro atoms. The second-order valence-corrected chi connectivity index (χ2v) is 16.7. The second-order valence-electron chi connectivity index (χ2n) is 12.9. The molecule has 2 fully saturated rings. The van der Waals surface area contributed by atoms with Crippen molar-refractivity contribution in [1.29, 1.82) is 0 Å². The van der Waals surface area contributed by atoms with Crippen LogP contribution in [-0.4, -0.2) is 123 Å². The van der Waals surface area contributed by atoms with Crippen LogP contribution in [0.4, 0.5) is 10.5 Å². The van der Waals surface area contributed by atoms with E-state index in [9.17, 15) is 52.3 Å². The Labute approximate surface area is 333 Å². The van der Waals surface area contributed by atoms with Crippen LogP contribution in [0.15, 0.2) is 24.3 Å². The molecule has 1 aromatic carbocycles. The summed E-state index contributed by atoms with van der Waals surface area (Å²) in [5.41, 5.74) is 0.465. The van der Waals surface area contributed by atoms with Crippen molar-refractivity contribution < 1.29 is 52.3 Å². The molecule has 2 aliphatic heterocycles. The van der Waals surface area contributed by atoms with Crippen molar-refractivity contribution in [2.75, 3.05) is 35.7 Å². The van der Waals surface area contributed by atoms with Crippen LogP contribution < -0.4 is 51.8 Å². The van der Waals surface area contributed by atoms with E-state index in [2.05, 4.69) is 37.2 Å². The molecule has 0 saturated carbocycles. The zero-order valence-corrected chi connectivity index (χ0v) is 33.6. The van der Waals surface area contributed by atoms with Crippen LogP contribution >= 0.6 is 23.5 Å². The van der Waals surface area contributed by atoms with E-state index in [-0.39, 0.29) is 48.4 Å². The fourth-order valence-electron chi connectivity index (χ4n) is 5.77. The zero-order chi connectivity index (χ0) is 40.2. The van der Waals surface area contributed by atoms with Crippen LogP contribution in [-0.2, 0) is 37.3 Å². The zero-order valence-electron chi connectivity index (χ0n) is 30.1. The topological polar surface area (TPSA) is 284 Å². The fraction of sp³-hybridized carbons (Fsp3) is 0.588. The molecule has 2 aliphatic rings. The number of rotatable bonds is 26. The quantitative estimate of drug-likeness (QED) is 0.0275. The Morgan fingerprint density at radius 2 is 1.53 bits per heavy atom. The minimum atomic E-state index is -1.61. The third kappa shape index (κ3) is 17.5. The molecule has 3 rings (SSSR count). The molecule has 55 heavy (non-hydrogen) atoms. The van der Waals surface area contributed by atoms with Crippen LogP contribution in [0.1, 0.15) is 64.2 Å². The fourth-order valence-corrected chi connectivity index (χ4v) is 8.73. The first-order valence-electron chi connectivity index (χ1n) is 17.9. The van der Waals surface area contributed by atoms with Crippen molar-refractivity contribution >= 4 is 96.8 Å². The van der Waals surface area contributed by atoms with E-state index in [4.69, 9.17) is 0 Å². The number of fused-ring (bicyclic) bond motifs is 1. The van der Waals surface area contributed by atoms with Gasteiger partial charge in [0.25, 0.3) is 0 Å². The Kier molecular flexibility index (Phi) is 20.0. The first-order valence-corrected chi connectivity index (χ1v) is 21.8. The summed E-state index contributed by atoms with van der Waals surface area (Å²) in [4.78, 5) is 96.3. The van der Waals surface area contributed by atoms with E-state index in [0.29, 0.717) is 47.5 Å². The van der Waals surface area contributed by atoms with E-state index in [1.165, 1.54) is 0 Å². The average molecular weight is 868 g/mol. The Morgan fingerprint density at radius 1 is 0.836 bits per heavy atom. The summed E-state index contributed by atoms with van der Waals surface area (Å²) in [5, 5.41) is 41.1. The molecule has 1 aromatic rings. The molecule has 5 atom stereocenters. The Morgan fingerprint density at radius 3 is 2.24 bits per heavy atom. The number of benzene rings is 1. The molecule has 18 nitrogen and oxygen atoms in total. The van der Waals surface area contributed by atoms with Gasteiger partial charge >= 0.3 is 132 Å². The Balaban J connectivity index is 1.29. The van der Waals surface area contributed by atoms with Gasteiger partial charge in [0.2, 0.25) is 11.8 Å². The van der Waals surface area contributed by atoms with Gasteiger partial charge in [0.05, 0.1) is 36.6 Å². The summed E-state index contributed by atoms with van der Waals surface area (Å²) in [6.07, 6.45) is 3.84. The number of carboxylic acid groups (broad SMARTS) is 2. The Bertz CT molecular complexity index is 1540. The molecule has 0 aliphatic carbocycles. The number of aliphatic carboxylic acids is 2. The van der Waals surface area contributed by atoms with E-state index in [1.54, 1.807) is 24.3 Å². The number of amides is 7. The number of nitrogens with one attached hydrogen (secondary N) is 7. The molecule has 2 heterocycles. The number of carbonyl (C=O) groups excluding carboxylic acids is 8. The van der Waals surface area contributed by atoms with Gasteiger partial charge in [-0.15, -0.1) is 0 Å². The SMILES string of the molecule is O=[As]c1ccc(NC(=O)CSC[C@H](NC(=O)CC[C@H](NC(=O)CCCCCNC(=O)CCCCC2SC[C@@H]3NC(=O)N[C@H]23)C(=O)[O-])C(=O)NCC(=O)[O-])cc1. The van der Waals surface area contributed by atoms with Crippen LogP contribution in [0, 0.1) is 0 Å². The van der Waals surface area contributed by atoms with Gasteiger partial charge in [0.1, 0.15) is 0 Å². The van der Waals surface area contributed by atoms with Crippen molar-refractivity contribution in [2.45, 2.75) is 93.6 Å². The summed E-state index contributed by atoms with van der Waals surface area (Å²) in [6.45, 7) is -0.386. The molecule has 0 aromatic heterocycles. The summed E-state index contributed by atoms with van der Waals surface area (Å²) in [5.74, 6) is -5.21. The van der Waals surface area contributed by atoms with E-state index < -0.39 is 76.3 Å². The molecular weight excluding hydrogens is 821 g/mol. The summed E-state index contributed by atoms with van der Waals surface area (Å²) >= 11 is 1.61. The number of anilines is 1. The van der Waals surface area contributed by atoms with Crippen molar-refractivity contribution in [2.24, 2.45) is 0 Å². The number of hydrogen-bond acceptors (Lipinski definition) is 13. The first kappa shape index (κ1) is 45.2. The van der Waals surface area contributed by atoms with Gasteiger partial charge in [0.15, 0.2) is 0 Å².